The second-order valence-corrected chi connectivity index (χ2v) is 4.69. The molecule has 78 valence electrons. The number of carbonyl (C=O) groups is 2. The van der Waals surface area contributed by atoms with Gasteiger partial charge in [0.25, 0.3) is 0 Å². The van der Waals surface area contributed by atoms with Gasteiger partial charge in [0.05, 0.1) is 11.6 Å². The van der Waals surface area contributed by atoms with Crippen LogP contribution in [0.25, 0.3) is 0 Å². The molecular formula is C9H13NO3S. The van der Waals surface area contributed by atoms with Crippen LogP contribution in [0.15, 0.2) is 11.1 Å². The third-order valence-electron chi connectivity index (χ3n) is 1.45. The number of hydrogen-bond donors (Lipinski definition) is 0. The Morgan fingerprint density at radius 3 is 2.79 bits per heavy atom. The molecule has 0 atom stereocenters. The summed E-state index contributed by atoms with van der Waals surface area (Å²) in [5.74, 6) is 0.447. The van der Waals surface area contributed by atoms with E-state index in [1.807, 2.05) is 0 Å². The number of amides is 1. The molecule has 0 N–H and O–H groups in total. The van der Waals surface area contributed by atoms with Gasteiger partial charge in [-0.1, -0.05) is 0 Å². The van der Waals surface area contributed by atoms with E-state index in [4.69, 9.17) is 4.74 Å². The van der Waals surface area contributed by atoms with Gasteiger partial charge in [-0.25, -0.2) is 4.79 Å². The quantitative estimate of drug-likeness (QED) is 0.627. The van der Waals surface area contributed by atoms with E-state index >= 15 is 0 Å². The molecule has 1 rings (SSSR count). The van der Waals surface area contributed by atoms with Crippen LogP contribution in [0.1, 0.15) is 20.8 Å². The van der Waals surface area contributed by atoms with E-state index in [9.17, 15) is 9.59 Å². The lowest BCUT2D eigenvalue weighted by atomic mass is 10.2. The summed E-state index contributed by atoms with van der Waals surface area (Å²) in [6.45, 7) is 5.37. The highest BCUT2D eigenvalue weighted by Gasteiger charge is 2.27. The first-order chi connectivity index (χ1) is 6.44. The van der Waals surface area contributed by atoms with Crippen molar-refractivity contribution >= 4 is 24.1 Å². The van der Waals surface area contributed by atoms with Gasteiger partial charge < -0.3 is 4.74 Å². The highest BCUT2D eigenvalue weighted by atomic mass is 32.2. The molecule has 4 nitrogen and oxygen atoms in total. The van der Waals surface area contributed by atoms with Crippen molar-refractivity contribution in [3.8, 4) is 0 Å². The summed E-state index contributed by atoms with van der Waals surface area (Å²) in [6, 6.07) is 0. The number of thioether (sulfide) groups is 1. The Kier molecular flexibility index (Phi) is 3.21. The summed E-state index contributed by atoms with van der Waals surface area (Å²) in [7, 11) is 0. The summed E-state index contributed by atoms with van der Waals surface area (Å²) in [4.78, 5) is 23.4. The van der Waals surface area contributed by atoms with E-state index in [1.54, 1.807) is 26.2 Å². The van der Waals surface area contributed by atoms with Crippen LogP contribution in [-0.2, 0) is 9.53 Å². The zero-order valence-electron chi connectivity index (χ0n) is 8.44. The van der Waals surface area contributed by atoms with Crippen LogP contribution >= 0.6 is 11.8 Å². The number of nitrogens with zero attached hydrogens (tertiary/aromatic N) is 1. The minimum absolute atomic E-state index is 0.365. The highest BCUT2D eigenvalue weighted by molar-refractivity contribution is 8.02. The summed E-state index contributed by atoms with van der Waals surface area (Å²) < 4.78 is 5.13. The largest absolute Gasteiger partial charge is 0.443 e. The summed E-state index contributed by atoms with van der Waals surface area (Å²) in [6.07, 6.45) is 0.185. The van der Waals surface area contributed by atoms with Crippen molar-refractivity contribution in [1.82, 2.24) is 4.90 Å². The van der Waals surface area contributed by atoms with Crippen LogP contribution in [-0.4, -0.2) is 28.8 Å². The van der Waals surface area contributed by atoms with Crippen molar-refractivity contribution in [3.05, 3.63) is 11.1 Å². The number of aldehydes is 1. The van der Waals surface area contributed by atoms with E-state index in [-0.39, 0.29) is 0 Å². The predicted octanol–water partition coefficient (Wildman–Crippen LogP) is 1.97. The molecule has 0 aliphatic carbocycles. The van der Waals surface area contributed by atoms with E-state index in [0.717, 1.165) is 0 Å². The fraction of sp³-hybridized carbons (Fsp3) is 0.556. The summed E-state index contributed by atoms with van der Waals surface area (Å²) in [5, 5.41) is 1.65. The van der Waals surface area contributed by atoms with Crippen molar-refractivity contribution in [2.24, 2.45) is 0 Å². The Morgan fingerprint density at radius 2 is 2.29 bits per heavy atom. The molecule has 0 fully saturated rings. The Balaban J connectivity index is 2.62. The van der Waals surface area contributed by atoms with Gasteiger partial charge >= 0.3 is 6.09 Å². The average molecular weight is 215 g/mol. The number of allylic oxidation sites excluding steroid dienone is 1. The predicted molar refractivity (Wildman–Crippen MR) is 54.7 cm³/mol. The Bertz CT molecular complexity index is 280. The van der Waals surface area contributed by atoms with Crippen molar-refractivity contribution in [2.45, 2.75) is 26.4 Å². The molecule has 0 spiro atoms. The van der Waals surface area contributed by atoms with Crippen molar-refractivity contribution in [1.29, 1.82) is 0 Å². The van der Waals surface area contributed by atoms with Gasteiger partial charge in [0.2, 0.25) is 0 Å². The van der Waals surface area contributed by atoms with Crippen molar-refractivity contribution in [2.75, 3.05) is 5.88 Å². The van der Waals surface area contributed by atoms with Gasteiger partial charge in [0.1, 0.15) is 5.60 Å². The first-order valence-corrected chi connectivity index (χ1v) is 5.26. The lowest BCUT2D eigenvalue weighted by Crippen LogP contribution is -2.34. The zero-order valence-corrected chi connectivity index (χ0v) is 9.26. The van der Waals surface area contributed by atoms with Crippen molar-refractivity contribution < 1.29 is 14.3 Å². The van der Waals surface area contributed by atoms with E-state index in [1.165, 1.54) is 16.7 Å². The molecule has 1 aliphatic rings. The van der Waals surface area contributed by atoms with Gasteiger partial charge in [-0.05, 0) is 20.8 Å². The standard InChI is InChI=1S/C9H13NO3S/c1-9(2,3)13-8(12)10-6-14-5-7(10)4-11/h4-5H,6H2,1-3H3. The van der Waals surface area contributed by atoms with Crippen LogP contribution in [0.3, 0.4) is 0 Å². The molecule has 1 amide bonds. The number of rotatable bonds is 1. The minimum Gasteiger partial charge on any atom is -0.443 e. The number of hydrogen-bond acceptors (Lipinski definition) is 4. The fourth-order valence-electron chi connectivity index (χ4n) is 0.902. The Hall–Kier alpha value is -0.970. The Morgan fingerprint density at radius 1 is 1.64 bits per heavy atom. The second kappa shape index (κ2) is 4.04. The molecular weight excluding hydrogens is 202 g/mol. The first kappa shape index (κ1) is 11.1. The number of carbonyl (C=O) groups excluding carboxylic acids is 2. The third-order valence-corrected chi connectivity index (χ3v) is 2.27. The fourth-order valence-corrected chi connectivity index (χ4v) is 1.73. The molecule has 14 heavy (non-hydrogen) atoms. The van der Waals surface area contributed by atoms with Crippen LogP contribution < -0.4 is 0 Å². The van der Waals surface area contributed by atoms with Crippen LogP contribution in [0, 0.1) is 0 Å². The van der Waals surface area contributed by atoms with E-state index in [2.05, 4.69) is 0 Å². The smallest absolute Gasteiger partial charge is 0.415 e. The molecule has 1 aliphatic heterocycles. The molecule has 5 heteroatoms. The SMILES string of the molecule is CC(C)(C)OC(=O)N1CSC=C1C=O. The molecule has 0 bridgehead atoms. The topological polar surface area (TPSA) is 46.6 Å². The van der Waals surface area contributed by atoms with Gasteiger partial charge in [0, 0.05) is 5.41 Å². The van der Waals surface area contributed by atoms with E-state index < -0.39 is 11.7 Å². The lowest BCUT2D eigenvalue weighted by molar-refractivity contribution is -0.106. The maximum Gasteiger partial charge on any atom is 0.415 e. The molecule has 0 saturated carbocycles. The van der Waals surface area contributed by atoms with Crippen LogP contribution in [0.2, 0.25) is 0 Å². The molecule has 0 unspecified atom stereocenters. The molecule has 0 aromatic rings. The molecule has 0 saturated heterocycles. The van der Waals surface area contributed by atoms with Gasteiger partial charge in [0.15, 0.2) is 6.29 Å². The monoisotopic (exact) mass is 215 g/mol. The zero-order chi connectivity index (χ0) is 10.8. The van der Waals surface area contributed by atoms with Gasteiger partial charge in [-0.2, -0.15) is 0 Å². The Labute approximate surface area is 87.3 Å². The van der Waals surface area contributed by atoms with Gasteiger partial charge in [-0.3, -0.25) is 9.69 Å². The average Bonchev–Trinajstić information content (AvgIpc) is 2.47. The highest BCUT2D eigenvalue weighted by Crippen LogP contribution is 2.23. The van der Waals surface area contributed by atoms with Crippen molar-refractivity contribution in [3.63, 3.8) is 0 Å². The lowest BCUT2D eigenvalue weighted by Gasteiger charge is -2.24. The number of ether oxygens (including phenoxy) is 1. The maximum absolute atomic E-state index is 11.5. The van der Waals surface area contributed by atoms with Crippen LogP contribution in [0.4, 0.5) is 4.79 Å². The molecule has 0 aromatic carbocycles. The minimum atomic E-state index is -0.529. The second-order valence-electron chi connectivity index (χ2n) is 3.86. The van der Waals surface area contributed by atoms with E-state index in [0.29, 0.717) is 17.9 Å². The third kappa shape index (κ3) is 2.77. The molecule has 0 radical (unpaired) electrons. The molecule has 1 heterocycles. The van der Waals surface area contributed by atoms with Crippen LogP contribution in [0.5, 0.6) is 0 Å². The normalized spacial score (nSPS) is 16.5. The first-order valence-electron chi connectivity index (χ1n) is 4.21. The maximum atomic E-state index is 11.5. The van der Waals surface area contributed by atoms with Gasteiger partial charge in [-0.15, -0.1) is 11.8 Å². The summed E-state index contributed by atoms with van der Waals surface area (Å²) >= 11 is 1.40. The molecule has 0 aromatic heterocycles. The summed E-state index contributed by atoms with van der Waals surface area (Å²) in [5.41, 5.74) is -0.164.